The van der Waals surface area contributed by atoms with Gasteiger partial charge in [0.1, 0.15) is 0 Å². The Labute approximate surface area is 215 Å². The Morgan fingerprint density at radius 2 is 1.89 bits per heavy atom. The van der Waals surface area contributed by atoms with Crippen molar-refractivity contribution in [1.82, 2.24) is 9.80 Å². The van der Waals surface area contributed by atoms with Gasteiger partial charge in [-0.2, -0.15) is 0 Å². The highest BCUT2D eigenvalue weighted by Gasteiger charge is 2.35. The second-order valence-corrected chi connectivity index (χ2v) is 11.6. The number of likely N-dealkylation sites (tertiary alicyclic amines) is 1. The van der Waals surface area contributed by atoms with Crippen LogP contribution in [-0.4, -0.2) is 53.0 Å². The predicted molar refractivity (Wildman–Crippen MR) is 143 cm³/mol. The SMILES string of the molecule is O=C(C1CCCC1)N1CCC2=CCCCC2=C1CCN1CCC(C2=CN=C3C2=CC=CC3Cl)CC1. The summed E-state index contributed by atoms with van der Waals surface area (Å²) in [4.78, 5) is 23.0. The third-order valence-electron chi connectivity index (χ3n) is 9.08. The topological polar surface area (TPSA) is 35.9 Å². The Bertz CT molecular complexity index is 1050. The lowest BCUT2D eigenvalue weighted by molar-refractivity contribution is -0.133. The number of amides is 1. The Balaban J connectivity index is 1.10. The molecule has 6 aliphatic rings. The molecule has 0 radical (unpaired) electrons. The first-order valence-electron chi connectivity index (χ1n) is 14.0. The van der Waals surface area contributed by atoms with E-state index in [-0.39, 0.29) is 11.3 Å². The van der Waals surface area contributed by atoms with Crippen LogP contribution in [0.4, 0.5) is 0 Å². The van der Waals surface area contributed by atoms with E-state index in [0.29, 0.717) is 11.8 Å². The molecule has 1 unspecified atom stereocenters. The van der Waals surface area contributed by atoms with Gasteiger partial charge in [-0.05, 0) is 87.1 Å². The molecule has 0 aromatic heterocycles. The summed E-state index contributed by atoms with van der Waals surface area (Å²) < 4.78 is 0. The monoisotopic (exact) mass is 491 g/mol. The van der Waals surface area contributed by atoms with Gasteiger partial charge in [0, 0.05) is 42.9 Å². The highest BCUT2D eigenvalue weighted by atomic mass is 35.5. The number of nitrogens with zero attached hydrogens (tertiary/aromatic N) is 3. The van der Waals surface area contributed by atoms with Gasteiger partial charge in [0.2, 0.25) is 5.91 Å². The maximum atomic E-state index is 13.5. The number of carbonyl (C=O) groups is 1. The molecule has 1 atom stereocenters. The summed E-state index contributed by atoms with van der Waals surface area (Å²) in [5.74, 6) is 1.25. The van der Waals surface area contributed by atoms with E-state index < -0.39 is 0 Å². The third-order valence-corrected chi connectivity index (χ3v) is 9.44. The normalized spacial score (nSPS) is 27.9. The van der Waals surface area contributed by atoms with Crippen molar-refractivity contribution in [3.8, 4) is 0 Å². The third kappa shape index (κ3) is 4.64. The van der Waals surface area contributed by atoms with Gasteiger partial charge in [-0.1, -0.05) is 37.1 Å². The molecule has 3 heterocycles. The van der Waals surface area contributed by atoms with Gasteiger partial charge in [0.05, 0.1) is 11.1 Å². The van der Waals surface area contributed by atoms with Crippen LogP contribution in [0.3, 0.4) is 0 Å². The lowest BCUT2D eigenvalue weighted by atomic mass is 9.83. The van der Waals surface area contributed by atoms with Gasteiger partial charge in [-0.15, -0.1) is 11.6 Å². The Hall–Kier alpha value is -1.91. The van der Waals surface area contributed by atoms with Crippen molar-refractivity contribution in [2.24, 2.45) is 16.8 Å². The van der Waals surface area contributed by atoms with Crippen LogP contribution < -0.4 is 0 Å². The number of fused-ring (bicyclic) bond motifs is 2. The fraction of sp³-hybridized carbons (Fsp3) is 0.600. The number of hydrogen-bond acceptors (Lipinski definition) is 3. The van der Waals surface area contributed by atoms with Crippen molar-refractivity contribution in [2.45, 2.75) is 76.0 Å². The molecular formula is C30H38ClN3O. The molecule has 0 spiro atoms. The summed E-state index contributed by atoms with van der Waals surface area (Å²) in [6.07, 6.45) is 23.4. The number of rotatable bonds is 5. The minimum absolute atomic E-state index is 0.0949. The van der Waals surface area contributed by atoms with E-state index in [1.54, 1.807) is 0 Å². The van der Waals surface area contributed by atoms with Crippen LogP contribution in [0.2, 0.25) is 0 Å². The molecule has 0 N–H and O–H groups in total. The molecule has 1 amide bonds. The van der Waals surface area contributed by atoms with E-state index >= 15 is 0 Å². The number of carbonyl (C=O) groups excluding carboxylic acids is 1. The van der Waals surface area contributed by atoms with Crippen molar-refractivity contribution < 1.29 is 4.79 Å². The van der Waals surface area contributed by atoms with Crippen molar-refractivity contribution in [3.05, 3.63) is 58.5 Å². The van der Waals surface area contributed by atoms with Crippen molar-refractivity contribution in [3.63, 3.8) is 0 Å². The van der Waals surface area contributed by atoms with E-state index in [9.17, 15) is 4.79 Å². The summed E-state index contributed by atoms with van der Waals surface area (Å²) in [5.41, 5.74) is 8.09. The molecule has 6 rings (SSSR count). The molecule has 0 aromatic rings. The summed E-state index contributed by atoms with van der Waals surface area (Å²) in [6, 6.07) is 0. The minimum atomic E-state index is -0.0949. The molecule has 0 aromatic carbocycles. The first-order chi connectivity index (χ1) is 17.2. The van der Waals surface area contributed by atoms with Gasteiger partial charge in [-0.3, -0.25) is 9.79 Å². The van der Waals surface area contributed by atoms with Crippen molar-refractivity contribution in [2.75, 3.05) is 26.2 Å². The zero-order valence-corrected chi connectivity index (χ0v) is 21.6. The zero-order valence-electron chi connectivity index (χ0n) is 20.9. The van der Waals surface area contributed by atoms with Gasteiger partial charge >= 0.3 is 0 Å². The quantitative estimate of drug-likeness (QED) is 0.422. The Kier molecular flexibility index (Phi) is 6.86. The van der Waals surface area contributed by atoms with E-state index in [1.807, 2.05) is 6.08 Å². The molecule has 3 aliphatic heterocycles. The fourth-order valence-electron chi connectivity index (χ4n) is 7.10. The van der Waals surface area contributed by atoms with E-state index in [2.05, 4.69) is 39.2 Å². The van der Waals surface area contributed by atoms with Crippen molar-refractivity contribution in [1.29, 1.82) is 0 Å². The molecular weight excluding hydrogens is 454 g/mol. The fourth-order valence-corrected chi connectivity index (χ4v) is 7.36. The second kappa shape index (κ2) is 10.2. The van der Waals surface area contributed by atoms with Gasteiger partial charge < -0.3 is 9.80 Å². The minimum Gasteiger partial charge on any atom is -0.315 e. The highest BCUT2D eigenvalue weighted by molar-refractivity contribution is 6.38. The second-order valence-electron chi connectivity index (χ2n) is 11.1. The number of hydrogen-bond donors (Lipinski definition) is 0. The molecule has 1 saturated carbocycles. The van der Waals surface area contributed by atoms with Gasteiger partial charge in [0.15, 0.2) is 0 Å². The molecule has 4 nitrogen and oxygen atoms in total. The van der Waals surface area contributed by atoms with E-state index in [0.717, 1.165) is 64.0 Å². The van der Waals surface area contributed by atoms with Crippen LogP contribution in [0, 0.1) is 11.8 Å². The first-order valence-corrected chi connectivity index (χ1v) is 14.4. The van der Waals surface area contributed by atoms with E-state index in [4.69, 9.17) is 11.6 Å². The van der Waals surface area contributed by atoms with Crippen LogP contribution in [0.15, 0.2) is 63.5 Å². The number of piperidine rings is 1. The first kappa shape index (κ1) is 23.5. The maximum Gasteiger partial charge on any atom is 0.229 e. The van der Waals surface area contributed by atoms with Crippen LogP contribution in [-0.2, 0) is 4.79 Å². The number of halogens is 1. The van der Waals surface area contributed by atoms with Crippen LogP contribution in [0.1, 0.15) is 70.6 Å². The van der Waals surface area contributed by atoms with Gasteiger partial charge in [0.25, 0.3) is 0 Å². The standard InChI is InChI=1S/C30H38ClN3O/c31-27-11-5-10-25-26(20-32-29(25)27)22-12-16-33(17-13-22)18-15-28-24-9-4-3-6-21(24)14-19-34(28)30(35)23-7-1-2-8-23/h5-6,10-11,20,22-23,27H,1-4,7-9,12-19H2. The average molecular weight is 492 g/mol. The molecule has 5 heteroatoms. The molecule has 2 fully saturated rings. The predicted octanol–water partition coefficient (Wildman–Crippen LogP) is 6.32. The highest BCUT2D eigenvalue weighted by Crippen LogP contribution is 2.39. The van der Waals surface area contributed by atoms with E-state index in [1.165, 1.54) is 66.5 Å². The molecule has 35 heavy (non-hydrogen) atoms. The number of allylic oxidation sites excluding steroid dienone is 7. The summed E-state index contributed by atoms with van der Waals surface area (Å²) in [7, 11) is 0. The average Bonchev–Trinajstić information content (AvgIpc) is 3.58. The van der Waals surface area contributed by atoms with Gasteiger partial charge in [-0.25, -0.2) is 0 Å². The Morgan fingerprint density at radius 1 is 1.06 bits per heavy atom. The summed E-state index contributed by atoms with van der Waals surface area (Å²) in [6.45, 7) is 4.19. The number of alkyl halides is 1. The largest absolute Gasteiger partial charge is 0.315 e. The number of aliphatic imine (C=N–C) groups is 1. The Morgan fingerprint density at radius 3 is 2.71 bits per heavy atom. The zero-order chi connectivity index (χ0) is 23.8. The van der Waals surface area contributed by atoms with Crippen molar-refractivity contribution >= 4 is 23.2 Å². The smallest absolute Gasteiger partial charge is 0.229 e. The molecule has 0 bridgehead atoms. The lowest BCUT2D eigenvalue weighted by Crippen LogP contribution is -2.41. The summed E-state index contributed by atoms with van der Waals surface area (Å²) >= 11 is 6.45. The van der Waals surface area contributed by atoms with Crippen LogP contribution in [0.5, 0.6) is 0 Å². The molecule has 3 aliphatic carbocycles. The lowest BCUT2D eigenvalue weighted by Gasteiger charge is -2.38. The summed E-state index contributed by atoms with van der Waals surface area (Å²) in [5, 5.41) is -0.0949. The van der Waals surface area contributed by atoms with Crippen LogP contribution >= 0.6 is 11.6 Å². The molecule has 1 saturated heterocycles. The molecule has 186 valence electrons. The van der Waals surface area contributed by atoms with Crippen LogP contribution in [0.25, 0.3) is 0 Å². The maximum absolute atomic E-state index is 13.5.